The van der Waals surface area contributed by atoms with Crippen molar-refractivity contribution in [3.63, 3.8) is 0 Å². The van der Waals surface area contributed by atoms with Gasteiger partial charge < -0.3 is 4.90 Å². The van der Waals surface area contributed by atoms with Crippen LogP contribution in [0.15, 0.2) is 64.6 Å². The Hall–Kier alpha value is -1.76. The summed E-state index contributed by atoms with van der Waals surface area (Å²) in [6, 6.07) is 16.3. The third-order valence-electron chi connectivity index (χ3n) is 3.68. The van der Waals surface area contributed by atoms with E-state index in [1.54, 1.807) is 35.7 Å². The van der Waals surface area contributed by atoms with Crippen LogP contribution in [0.5, 0.6) is 0 Å². The normalized spacial score (nSPS) is 10.8. The molecule has 3 aromatic rings. The number of benzene rings is 2. The van der Waals surface area contributed by atoms with Crippen LogP contribution in [0.4, 0.5) is 10.2 Å². The topological polar surface area (TPSA) is 29.0 Å². The standard InChI is InChI=1S/C20H19ClFN3S2/c1-25(2)19-11-17(13-26-18-9-5-15(21)6-10-18)23-20(24-19)27-12-14-3-7-16(22)8-4-14/h3-11H,12-13H2,1-2H3. The number of rotatable bonds is 7. The zero-order valence-corrected chi connectivity index (χ0v) is 17.4. The van der Waals surface area contributed by atoms with Gasteiger partial charge >= 0.3 is 0 Å². The fraction of sp³-hybridized carbons (Fsp3) is 0.200. The van der Waals surface area contributed by atoms with Gasteiger partial charge in [-0.05, 0) is 42.0 Å². The minimum atomic E-state index is -0.226. The lowest BCUT2D eigenvalue weighted by Crippen LogP contribution is -2.12. The number of aromatic nitrogens is 2. The predicted molar refractivity (Wildman–Crippen MR) is 113 cm³/mol. The number of halogens is 2. The summed E-state index contributed by atoms with van der Waals surface area (Å²) in [5, 5.41) is 1.45. The van der Waals surface area contributed by atoms with Crippen molar-refractivity contribution in [1.29, 1.82) is 0 Å². The molecule has 7 heteroatoms. The van der Waals surface area contributed by atoms with Crippen molar-refractivity contribution in [2.75, 3.05) is 19.0 Å². The van der Waals surface area contributed by atoms with Gasteiger partial charge in [-0.15, -0.1) is 11.8 Å². The summed E-state index contributed by atoms with van der Waals surface area (Å²) in [5.41, 5.74) is 2.01. The first-order valence-corrected chi connectivity index (χ1v) is 10.7. The zero-order chi connectivity index (χ0) is 19.2. The summed E-state index contributed by atoms with van der Waals surface area (Å²) in [4.78, 5) is 12.4. The maximum Gasteiger partial charge on any atom is 0.190 e. The minimum Gasteiger partial charge on any atom is -0.363 e. The van der Waals surface area contributed by atoms with E-state index >= 15 is 0 Å². The van der Waals surface area contributed by atoms with E-state index in [1.807, 2.05) is 49.3 Å². The van der Waals surface area contributed by atoms with Crippen LogP contribution in [0.3, 0.4) is 0 Å². The van der Waals surface area contributed by atoms with Gasteiger partial charge in [0.2, 0.25) is 0 Å². The number of thioether (sulfide) groups is 2. The molecule has 2 aromatic carbocycles. The monoisotopic (exact) mass is 419 g/mol. The van der Waals surface area contributed by atoms with E-state index < -0.39 is 0 Å². The van der Waals surface area contributed by atoms with Crippen molar-refractivity contribution in [2.45, 2.75) is 21.6 Å². The van der Waals surface area contributed by atoms with E-state index in [0.717, 1.165) is 37.9 Å². The molecule has 0 radical (unpaired) electrons. The van der Waals surface area contributed by atoms with Gasteiger partial charge in [0.15, 0.2) is 5.16 Å². The summed E-state index contributed by atoms with van der Waals surface area (Å²) < 4.78 is 13.0. The van der Waals surface area contributed by atoms with Crippen LogP contribution < -0.4 is 4.90 Å². The molecule has 0 saturated heterocycles. The average Bonchev–Trinajstić information content (AvgIpc) is 2.67. The highest BCUT2D eigenvalue weighted by Crippen LogP contribution is 2.27. The summed E-state index contributed by atoms with van der Waals surface area (Å²) in [5.74, 6) is 2.09. The van der Waals surface area contributed by atoms with E-state index in [9.17, 15) is 4.39 Å². The van der Waals surface area contributed by atoms with Crippen LogP contribution in [-0.2, 0) is 11.5 Å². The SMILES string of the molecule is CN(C)c1cc(CSc2ccc(Cl)cc2)nc(SCc2ccc(F)cc2)n1. The van der Waals surface area contributed by atoms with Crippen molar-refractivity contribution in [3.8, 4) is 0 Å². The Morgan fingerprint density at radius 1 is 0.926 bits per heavy atom. The van der Waals surface area contributed by atoms with E-state index in [1.165, 1.54) is 12.1 Å². The van der Waals surface area contributed by atoms with Gasteiger partial charge in [0, 0.05) is 41.6 Å². The van der Waals surface area contributed by atoms with Crippen molar-refractivity contribution in [3.05, 3.63) is 76.7 Å². The minimum absolute atomic E-state index is 0.226. The predicted octanol–water partition coefficient (Wildman–Crippen LogP) is 5.92. The molecule has 140 valence electrons. The molecule has 3 nitrogen and oxygen atoms in total. The number of nitrogens with zero attached hydrogens (tertiary/aromatic N) is 3. The Labute approximate surface area is 172 Å². The van der Waals surface area contributed by atoms with E-state index in [-0.39, 0.29) is 5.82 Å². The molecule has 1 aromatic heterocycles. The van der Waals surface area contributed by atoms with Crippen molar-refractivity contribution >= 4 is 40.9 Å². The second kappa shape index (κ2) is 9.44. The number of hydrogen-bond acceptors (Lipinski definition) is 5. The van der Waals surface area contributed by atoms with Crippen LogP contribution in [0.1, 0.15) is 11.3 Å². The molecule has 3 rings (SSSR count). The van der Waals surface area contributed by atoms with Crippen LogP contribution in [0, 0.1) is 5.82 Å². The molecule has 0 aliphatic heterocycles. The van der Waals surface area contributed by atoms with Gasteiger partial charge in [-0.25, -0.2) is 14.4 Å². The Morgan fingerprint density at radius 2 is 1.63 bits per heavy atom. The second-order valence-electron chi connectivity index (χ2n) is 6.05. The molecule has 0 atom stereocenters. The van der Waals surface area contributed by atoms with Crippen LogP contribution in [0.25, 0.3) is 0 Å². The van der Waals surface area contributed by atoms with Gasteiger partial charge in [0.1, 0.15) is 11.6 Å². The second-order valence-corrected chi connectivity index (χ2v) is 8.48. The lowest BCUT2D eigenvalue weighted by atomic mass is 10.2. The fourth-order valence-electron chi connectivity index (χ4n) is 2.24. The molecule has 0 saturated carbocycles. The van der Waals surface area contributed by atoms with Crippen molar-refractivity contribution < 1.29 is 4.39 Å². The molecule has 0 spiro atoms. The Balaban J connectivity index is 1.71. The molecule has 1 heterocycles. The quantitative estimate of drug-likeness (QED) is 0.350. The Kier molecular flexibility index (Phi) is 6.99. The largest absolute Gasteiger partial charge is 0.363 e. The number of hydrogen-bond donors (Lipinski definition) is 0. The van der Waals surface area contributed by atoms with Gasteiger partial charge in [0.25, 0.3) is 0 Å². The molecule has 0 N–H and O–H groups in total. The molecular formula is C20H19ClFN3S2. The third kappa shape index (κ3) is 6.13. The van der Waals surface area contributed by atoms with E-state index in [2.05, 4.69) is 9.97 Å². The highest BCUT2D eigenvalue weighted by molar-refractivity contribution is 7.98. The highest BCUT2D eigenvalue weighted by Gasteiger charge is 2.08. The Morgan fingerprint density at radius 3 is 2.30 bits per heavy atom. The first-order chi connectivity index (χ1) is 13.0. The van der Waals surface area contributed by atoms with Gasteiger partial charge in [-0.2, -0.15) is 0 Å². The summed E-state index contributed by atoms with van der Waals surface area (Å²) in [6.07, 6.45) is 0. The van der Waals surface area contributed by atoms with Crippen molar-refractivity contribution in [2.24, 2.45) is 0 Å². The first-order valence-electron chi connectivity index (χ1n) is 8.30. The molecular weight excluding hydrogens is 401 g/mol. The summed E-state index contributed by atoms with van der Waals surface area (Å²) in [6.45, 7) is 0. The molecule has 0 unspecified atom stereocenters. The van der Waals surface area contributed by atoms with Crippen LogP contribution >= 0.6 is 35.1 Å². The lowest BCUT2D eigenvalue weighted by molar-refractivity contribution is 0.627. The fourth-order valence-corrected chi connectivity index (χ4v) is 3.99. The lowest BCUT2D eigenvalue weighted by Gasteiger charge is -2.14. The van der Waals surface area contributed by atoms with Gasteiger partial charge in [-0.1, -0.05) is 35.5 Å². The first kappa shape index (κ1) is 20.0. The highest BCUT2D eigenvalue weighted by atomic mass is 35.5. The van der Waals surface area contributed by atoms with E-state index in [4.69, 9.17) is 11.6 Å². The maximum atomic E-state index is 13.0. The summed E-state index contributed by atoms with van der Waals surface area (Å²) >= 11 is 9.20. The van der Waals surface area contributed by atoms with E-state index in [0.29, 0.717) is 5.75 Å². The van der Waals surface area contributed by atoms with Gasteiger partial charge in [0.05, 0.1) is 5.69 Å². The molecule has 0 aliphatic rings. The van der Waals surface area contributed by atoms with Crippen LogP contribution in [0.2, 0.25) is 5.02 Å². The number of anilines is 1. The van der Waals surface area contributed by atoms with Gasteiger partial charge in [-0.3, -0.25) is 0 Å². The molecule has 0 aliphatic carbocycles. The zero-order valence-electron chi connectivity index (χ0n) is 15.0. The molecule has 0 fully saturated rings. The van der Waals surface area contributed by atoms with Crippen molar-refractivity contribution in [1.82, 2.24) is 9.97 Å². The Bertz CT molecular complexity index is 819. The molecule has 0 bridgehead atoms. The third-order valence-corrected chi connectivity index (χ3v) is 5.90. The average molecular weight is 420 g/mol. The molecule has 27 heavy (non-hydrogen) atoms. The summed E-state index contributed by atoms with van der Waals surface area (Å²) in [7, 11) is 3.93. The molecule has 0 amide bonds. The maximum absolute atomic E-state index is 13.0. The van der Waals surface area contributed by atoms with Crippen LogP contribution in [-0.4, -0.2) is 24.1 Å². The smallest absolute Gasteiger partial charge is 0.190 e.